The molecular weight excluding hydrogens is 194 g/mol. The number of carbonyl (C=O) groups is 1. The minimum atomic E-state index is -0.568. The first-order chi connectivity index (χ1) is 6.63. The second-order valence-corrected chi connectivity index (χ2v) is 5.46. The molecule has 0 radical (unpaired) electrons. The van der Waals surface area contributed by atoms with Crippen molar-refractivity contribution in [1.29, 1.82) is 0 Å². The maximum atomic E-state index is 11.9. The molecule has 1 heterocycles. The van der Waals surface area contributed by atoms with E-state index in [1.54, 1.807) is 4.90 Å². The maximum absolute atomic E-state index is 11.9. The molecule has 0 saturated carbocycles. The van der Waals surface area contributed by atoms with Crippen LogP contribution in [-0.2, 0) is 9.47 Å². The summed E-state index contributed by atoms with van der Waals surface area (Å²) in [6, 6.07) is 0.0647. The highest BCUT2D eigenvalue weighted by Crippen LogP contribution is 2.28. The molecule has 0 N–H and O–H groups in total. The topological polar surface area (TPSA) is 38.8 Å². The average molecular weight is 215 g/mol. The zero-order valence-electron chi connectivity index (χ0n) is 10.5. The van der Waals surface area contributed by atoms with Crippen molar-refractivity contribution < 1.29 is 14.3 Å². The van der Waals surface area contributed by atoms with Gasteiger partial charge >= 0.3 is 6.09 Å². The lowest BCUT2D eigenvalue weighted by atomic mass is 10.2. The van der Waals surface area contributed by atoms with E-state index in [9.17, 15) is 4.79 Å². The SMILES string of the molecule is CC1COC(C)(C)N1C(=O)OC(C)(C)C. The summed E-state index contributed by atoms with van der Waals surface area (Å²) in [6.07, 6.45) is -0.308. The van der Waals surface area contributed by atoms with Crippen LogP contribution in [0.4, 0.5) is 4.79 Å². The van der Waals surface area contributed by atoms with E-state index in [0.717, 1.165) is 0 Å². The van der Waals surface area contributed by atoms with Crippen LogP contribution in [0.3, 0.4) is 0 Å². The number of ether oxygens (including phenoxy) is 2. The monoisotopic (exact) mass is 215 g/mol. The first-order valence-corrected chi connectivity index (χ1v) is 5.30. The van der Waals surface area contributed by atoms with Gasteiger partial charge in [-0.3, -0.25) is 4.90 Å². The molecule has 4 nitrogen and oxygen atoms in total. The highest BCUT2D eigenvalue weighted by molar-refractivity contribution is 5.69. The van der Waals surface area contributed by atoms with Crippen LogP contribution < -0.4 is 0 Å². The molecule has 1 fully saturated rings. The fourth-order valence-electron chi connectivity index (χ4n) is 1.71. The van der Waals surface area contributed by atoms with Gasteiger partial charge in [0.2, 0.25) is 0 Å². The Morgan fingerprint density at radius 3 is 2.33 bits per heavy atom. The normalized spacial score (nSPS) is 25.5. The molecule has 0 aromatic carbocycles. The molecule has 1 unspecified atom stereocenters. The highest BCUT2D eigenvalue weighted by atomic mass is 16.6. The van der Waals surface area contributed by atoms with E-state index in [2.05, 4.69) is 0 Å². The molecule has 0 spiro atoms. The Kier molecular flexibility index (Phi) is 3.01. The summed E-state index contributed by atoms with van der Waals surface area (Å²) in [7, 11) is 0. The van der Waals surface area contributed by atoms with E-state index in [4.69, 9.17) is 9.47 Å². The van der Waals surface area contributed by atoms with Gasteiger partial charge in [0.25, 0.3) is 0 Å². The predicted molar refractivity (Wildman–Crippen MR) is 57.6 cm³/mol. The van der Waals surface area contributed by atoms with Crippen molar-refractivity contribution in [2.75, 3.05) is 6.61 Å². The first kappa shape index (κ1) is 12.3. The van der Waals surface area contributed by atoms with Gasteiger partial charge in [-0.05, 0) is 41.5 Å². The van der Waals surface area contributed by atoms with Crippen molar-refractivity contribution in [2.45, 2.75) is 58.9 Å². The largest absolute Gasteiger partial charge is 0.444 e. The molecule has 1 aliphatic heterocycles. The zero-order chi connectivity index (χ0) is 11.9. The first-order valence-electron chi connectivity index (χ1n) is 5.30. The van der Waals surface area contributed by atoms with Gasteiger partial charge in [-0.1, -0.05) is 0 Å². The Labute approximate surface area is 91.5 Å². The molecular formula is C11H21NO3. The Morgan fingerprint density at radius 2 is 2.00 bits per heavy atom. The Morgan fingerprint density at radius 1 is 1.47 bits per heavy atom. The number of hydrogen-bond acceptors (Lipinski definition) is 3. The number of nitrogens with zero attached hydrogens (tertiary/aromatic N) is 1. The second kappa shape index (κ2) is 3.67. The lowest BCUT2D eigenvalue weighted by Gasteiger charge is -2.34. The molecule has 88 valence electrons. The van der Waals surface area contributed by atoms with Crippen molar-refractivity contribution in [2.24, 2.45) is 0 Å². The number of amides is 1. The maximum Gasteiger partial charge on any atom is 0.412 e. The van der Waals surface area contributed by atoms with Crippen molar-refractivity contribution >= 4 is 6.09 Å². The molecule has 4 heteroatoms. The zero-order valence-corrected chi connectivity index (χ0v) is 10.5. The van der Waals surface area contributed by atoms with Gasteiger partial charge < -0.3 is 9.47 Å². The van der Waals surface area contributed by atoms with Crippen LogP contribution in [0.1, 0.15) is 41.5 Å². The van der Waals surface area contributed by atoms with Crippen LogP contribution in [0.25, 0.3) is 0 Å². The van der Waals surface area contributed by atoms with Crippen LogP contribution in [-0.4, -0.2) is 35.0 Å². The van der Waals surface area contributed by atoms with Gasteiger partial charge in [0, 0.05) is 0 Å². The third kappa shape index (κ3) is 2.84. The standard InChI is InChI=1S/C11H21NO3/c1-8-7-14-11(5,6)12(8)9(13)15-10(2,3)4/h8H,7H2,1-6H3. The van der Waals surface area contributed by atoms with Gasteiger partial charge in [-0.2, -0.15) is 0 Å². The van der Waals surface area contributed by atoms with E-state index in [-0.39, 0.29) is 12.1 Å². The Bertz CT molecular complexity index is 255. The van der Waals surface area contributed by atoms with Crippen molar-refractivity contribution in [3.63, 3.8) is 0 Å². The fraction of sp³-hybridized carbons (Fsp3) is 0.909. The summed E-state index contributed by atoms with van der Waals surface area (Å²) in [5, 5.41) is 0. The van der Waals surface area contributed by atoms with Gasteiger partial charge in [0.05, 0.1) is 12.6 Å². The number of carbonyl (C=O) groups excluding carboxylic acids is 1. The van der Waals surface area contributed by atoms with Crippen molar-refractivity contribution in [3.8, 4) is 0 Å². The molecule has 15 heavy (non-hydrogen) atoms. The summed E-state index contributed by atoms with van der Waals surface area (Å²) >= 11 is 0. The molecule has 0 aromatic rings. The van der Waals surface area contributed by atoms with Crippen molar-refractivity contribution in [1.82, 2.24) is 4.90 Å². The van der Waals surface area contributed by atoms with Crippen LogP contribution in [0.5, 0.6) is 0 Å². The third-order valence-corrected chi connectivity index (χ3v) is 2.29. The summed E-state index contributed by atoms with van der Waals surface area (Å²) in [5.74, 6) is 0. The van der Waals surface area contributed by atoms with E-state index < -0.39 is 11.3 Å². The minimum Gasteiger partial charge on any atom is -0.444 e. The molecule has 1 atom stereocenters. The van der Waals surface area contributed by atoms with E-state index >= 15 is 0 Å². The van der Waals surface area contributed by atoms with E-state index in [0.29, 0.717) is 6.61 Å². The van der Waals surface area contributed by atoms with Crippen LogP contribution in [0.2, 0.25) is 0 Å². The van der Waals surface area contributed by atoms with Gasteiger partial charge in [0.1, 0.15) is 11.3 Å². The Hall–Kier alpha value is -0.770. The van der Waals surface area contributed by atoms with Crippen LogP contribution >= 0.6 is 0 Å². The molecule has 1 aliphatic rings. The van der Waals surface area contributed by atoms with Crippen LogP contribution in [0.15, 0.2) is 0 Å². The van der Waals surface area contributed by atoms with E-state index in [1.807, 2.05) is 41.5 Å². The average Bonchev–Trinajstić information content (AvgIpc) is 2.21. The molecule has 0 bridgehead atoms. The highest BCUT2D eigenvalue weighted by Gasteiger charge is 2.43. The van der Waals surface area contributed by atoms with Crippen molar-refractivity contribution in [3.05, 3.63) is 0 Å². The predicted octanol–water partition coefficient (Wildman–Crippen LogP) is 2.38. The second-order valence-electron chi connectivity index (χ2n) is 5.46. The van der Waals surface area contributed by atoms with E-state index in [1.165, 1.54) is 0 Å². The smallest absolute Gasteiger partial charge is 0.412 e. The third-order valence-electron chi connectivity index (χ3n) is 2.29. The lowest BCUT2D eigenvalue weighted by molar-refractivity contribution is -0.0618. The quantitative estimate of drug-likeness (QED) is 0.622. The van der Waals surface area contributed by atoms with Gasteiger partial charge in [-0.15, -0.1) is 0 Å². The molecule has 0 aliphatic carbocycles. The molecule has 0 aromatic heterocycles. The number of rotatable bonds is 0. The summed E-state index contributed by atoms with van der Waals surface area (Å²) in [6.45, 7) is 11.9. The van der Waals surface area contributed by atoms with Gasteiger partial charge in [-0.25, -0.2) is 4.79 Å². The minimum absolute atomic E-state index is 0.0647. The summed E-state index contributed by atoms with van der Waals surface area (Å²) < 4.78 is 10.9. The summed E-state index contributed by atoms with van der Waals surface area (Å²) in [4.78, 5) is 13.6. The lowest BCUT2D eigenvalue weighted by Crippen LogP contribution is -2.48. The number of hydrogen-bond donors (Lipinski definition) is 0. The molecule has 1 amide bonds. The summed E-state index contributed by atoms with van der Waals surface area (Å²) in [5.41, 5.74) is -1.03. The molecule has 1 saturated heterocycles. The Balaban J connectivity index is 2.74. The van der Waals surface area contributed by atoms with Crippen LogP contribution in [0, 0.1) is 0 Å². The van der Waals surface area contributed by atoms with Gasteiger partial charge in [0.15, 0.2) is 0 Å². The fourth-order valence-corrected chi connectivity index (χ4v) is 1.71. The molecule has 1 rings (SSSR count).